The summed E-state index contributed by atoms with van der Waals surface area (Å²) in [5, 5.41) is 3.40. The van der Waals surface area contributed by atoms with Crippen LogP contribution in [0.4, 0.5) is 0 Å². The molecule has 18 heavy (non-hydrogen) atoms. The smallest absolute Gasteiger partial charge is 0.108 e. The van der Waals surface area contributed by atoms with Crippen molar-refractivity contribution in [1.29, 1.82) is 0 Å². The molecule has 4 heteroatoms. The number of hydrogen-bond donors (Lipinski definition) is 1. The van der Waals surface area contributed by atoms with E-state index in [1.54, 1.807) is 0 Å². The fraction of sp³-hybridized carbons (Fsp3) is 0.786. The Hall–Kier alpha value is -0.870. The summed E-state index contributed by atoms with van der Waals surface area (Å²) in [6.07, 6.45) is 6.24. The van der Waals surface area contributed by atoms with Crippen molar-refractivity contribution in [1.82, 2.24) is 14.9 Å². The van der Waals surface area contributed by atoms with Gasteiger partial charge in [-0.05, 0) is 19.3 Å². The van der Waals surface area contributed by atoms with Gasteiger partial charge in [0.15, 0.2) is 0 Å². The summed E-state index contributed by atoms with van der Waals surface area (Å²) in [5.74, 6) is 1.25. The van der Waals surface area contributed by atoms with E-state index in [1.807, 2.05) is 0 Å². The normalized spacial score (nSPS) is 23.3. The van der Waals surface area contributed by atoms with E-state index < -0.39 is 0 Å². The molecule has 0 aliphatic carbocycles. The third kappa shape index (κ3) is 2.31. The highest BCUT2D eigenvalue weighted by molar-refractivity contribution is 5.20. The van der Waals surface area contributed by atoms with E-state index in [0.717, 1.165) is 45.5 Å². The van der Waals surface area contributed by atoms with E-state index in [-0.39, 0.29) is 0 Å². The number of rotatable bonds is 4. The van der Waals surface area contributed by atoms with E-state index in [0.29, 0.717) is 6.10 Å². The lowest BCUT2D eigenvalue weighted by atomic mass is 10.1. The molecule has 0 saturated carbocycles. The molecule has 1 fully saturated rings. The number of nitrogens with one attached hydrogen (secondary N) is 1. The highest BCUT2D eigenvalue weighted by Crippen LogP contribution is 2.20. The lowest BCUT2D eigenvalue weighted by Gasteiger charge is -2.17. The van der Waals surface area contributed by atoms with Crippen molar-refractivity contribution in [2.24, 2.45) is 0 Å². The fourth-order valence-electron chi connectivity index (χ4n) is 3.11. The Morgan fingerprint density at radius 1 is 1.50 bits per heavy atom. The lowest BCUT2D eigenvalue weighted by Crippen LogP contribution is -2.25. The van der Waals surface area contributed by atoms with E-state index in [2.05, 4.69) is 16.8 Å². The Morgan fingerprint density at radius 2 is 2.44 bits per heavy atom. The molecule has 0 amide bonds. The molecular formula is C14H23N3O. The average Bonchev–Trinajstić information content (AvgIpc) is 3.03. The average molecular weight is 249 g/mol. The third-order valence-corrected chi connectivity index (χ3v) is 4.08. The van der Waals surface area contributed by atoms with Gasteiger partial charge in [0.05, 0.1) is 11.8 Å². The van der Waals surface area contributed by atoms with E-state index in [4.69, 9.17) is 9.72 Å². The third-order valence-electron chi connectivity index (χ3n) is 4.08. The van der Waals surface area contributed by atoms with Crippen molar-refractivity contribution in [3.05, 3.63) is 17.2 Å². The molecule has 1 N–H and O–H groups in total. The molecule has 0 bridgehead atoms. The zero-order valence-electron chi connectivity index (χ0n) is 11.2. The maximum absolute atomic E-state index is 5.72. The number of fused-ring (bicyclic) bond motifs is 1. The highest BCUT2D eigenvalue weighted by atomic mass is 16.5. The van der Waals surface area contributed by atoms with Gasteiger partial charge in [0.1, 0.15) is 5.82 Å². The zero-order valence-corrected chi connectivity index (χ0v) is 11.2. The summed E-state index contributed by atoms with van der Waals surface area (Å²) in [6, 6.07) is 0. The summed E-state index contributed by atoms with van der Waals surface area (Å²) in [7, 11) is 0. The Bertz CT molecular complexity index is 407. The Balaban J connectivity index is 1.74. The predicted molar refractivity (Wildman–Crippen MR) is 70.6 cm³/mol. The van der Waals surface area contributed by atoms with Gasteiger partial charge < -0.3 is 14.6 Å². The first-order valence-electron chi connectivity index (χ1n) is 7.28. The molecule has 0 radical (unpaired) electrons. The van der Waals surface area contributed by atoms with Gasteiger partial charge >= 0.3 is 0 Å². The van der Waals surface area contributed by atoms with Crippen LogP contribution in [0.25, 0.3) is 0 Å². The number of hydrogen-bond acceptors (Lipinski definition) is 3. The fourth-order valence-corrected chi connectivity index (χ4v) is 3.11. The molecule has 1 atom stereocenters. The van der Waals surface area contributed by atoms with Crippen LogP contribution in [0.15, 0.2) is 0 Å². The van der Waals surface area contributed by atoms with E-state index in [1.165, 1.54) is 30.1 Å². The van der Waals surface area contributed by atoms with E-state index in [9.17, 15) is 0 Å². The van der Waals surface area contributed by atoms with Gasteiger partial charge in [-0.1, -0.05) is 6.92 Å². The van der Waals surface area contributed by atoms with Gasteiger partial charge in [-0.2, -0.15) is 0 Å². The summed E-state index contributed by atoms with van der Waals surface area (Å²) in [6.45, 7) is 6.26. The first-order valence-corrected chi connectivity index (χ1v) is 7.28. The molecule has 1 aromatic rings. The maximum Gasteiger partial charge on any atom is 0.108 e. The van der Waals surface area contributed by atoms with Crippen LogP contribution in [0.3, 0.4) is 0 Å². The summed E-state index contributed by atoms with van der Waals surface area (Å²) in [5.41, 5.74) is 2.73. The highest BCUT2D eigenvalue weighted by Gasteiger charge is 2.21. The second-order valence-corrected chi connectivity index (χ2v) is 5.28. The van der Waals surface area contributed by atoms with Crippen LogP contribution < -0.4 is 5.32 Å². The van der Waals surface area contributed by atoms with Crippen molar-refractivity contribution in [3.63, 3.8) is 0 Å². The number of ether oxygens (including phenoxy) is 1. The van der Waals surface area contributed by atoms with Crippen LogP contribution in [0.2, 0.25) is 0 Å². The van der Waals surface area contributed by atoms with Crippen molar-refractivity contribution in [3.8, 4) is 0 Å². The van der Waals surface area contributed by atoms with Gasteiger partial charge in [0.2, 0.25) is 0 Å². The molecular weight excluding hydrogens is 226 g/mol. The molecule has 1 unspecified atom stereocenters. The Labute approximate surface area is 109 Å². The molecule has 1 aromatic heterocycles. The standard InChI is InChI=1S/C14H23N3O/c1-2-14-16-12-10-15-7-5-13(12)17(14)8-6-11-4-3-9-18-11/h11,15H,2-10H2,1H3. The quantitative estimate of drug-likeness (QED) is 0.882. The number of aromatic nitrogens is 2. The van der Waals surface area contributed by atoms with Gasteiger partial charge in [-0.15, -0.1) is 0 Å². The van der Waals surface area contributed by atoms with Crippen molar-refractivity contribution in [2.75, 3.05) is 13.2 Å². The number of imidazole rings is 1. The van der Waals surface area contributed by atoms with Crippen LogP contribution in [-0.2, 0) is 30.7 Å². The van der Waals surface area contributed by atoms with Gasteiger partial charge in [-0.25, -0.2) is 4.98 Å². The van der Waals surface area contributed by atoms with Crippen molar-refractivity contribution < 1.29 is 4.74 Å². The first kappa shape index (κ1) is 12.2. The minimum Gasteiger partial charge on any atom is -0.378 e. The molecule has 3 heterocycles. The van der Waals surface area contributed by atoms with Crippen LogP contribution in [0, 0.1) is 0 Å². The Kier molecular flexibility index (Phi) is 3.66. The predicted octanol–water partition coefficient (Wildman–Crippen LogP) is 1.66. The van der Waals surface area contributed by atoms with Gasteiger partial charge in [-0.3, -0.25) is 0 Å². The second-order valence-electron chi connectivity index (χ2n) is 5.28. The second kappa shape index (κ2) is 5.41. The van der Waals surface area contributed by atoms with Crippen LogP contribution in [0.5, 0.6) is 0 Å². The number of nitrogens with zero attached hydrogens (tertiary/aromatic N) is 2. The molecule has 2 aliphatic heterocycles. The minimum absolute atomic E-state index is 0.481. The largest absolute Gasteiger partial charge is 0.378 e. The minimum atomic E-state index is 0.481. The molecule has 4 nitrogen and oxygen atoms in total. The SMILES string of the molecule is CCc1nc2c(n1CCC1CCCO1)CCNC2. The lowest BCUT2D eigenvalue weighted by molar-refractivity contribution is 0.0999. The van der Waals surface area contributed by atoms with Crippen molar-refractivity contribution in [2.45, 2.75) is 58.2 Å². The summed E-state index contributed by atoms with van der Waals surface area (Å²) < 4.78 is 8.18. The van der Waals surface area contributed by atoms with Crippen LogP contribution in [0.1, 0.15) is 43.4 Å². The molecule has 2 aliphatic rings. The Morgan fingerprint density at radius 3 is 3.22 bits per heavy atom. The molecule has 1 saturated heterocycles. The van der Waals surface area contributed by atoms with Gasteiger partial charge in [0.25, 0.3) is 0 Å². The zero-order chi connectivity index (χ0) is 12.4. The van der Waals surface area contributed by atoms with E-state index >= 15 is 0 Å². The summed E-state index contributed by atoms with van der Waals surface area (Å²) in [4.78, 5) is 4.77. The molecule has 0 aromatic carbocycles. The number of aryl methyl sites for hydroxylation is 1. The maximum atomic E-state index is 5.72. The molecule has 100 valence electrons. The molecule has 3 rings (SSSR count). The van der Waals surface area contributed by atoms with Crippen LogP contribution in [-0.4, -0.2) is 28.8 Å². The van der Waals surface area contributed by atoms with Crippen LogP contribution >= 0.6 is 0 Å². The first-order chi connectivity index (χ1) is 8.88. The monoisotopic (exact) mass is 249 g/mol. The molecule has 0 spiro atoms. The topological polar surface area (TPSA) is 39.1 Å². The van der Waals surface area contributed by atoms with Crippen molar-refractivity contribution >= 4 is 0 Å². The van der Waals surface area contributed by atoms with Gasteiger partial charge in [0, 0.05) is 44.8 Å². The summed E-state index contributed by atoms with van der Waals surface area (Å²) >= 11 is 0.